The minimum Gasteiger partial charge on any atom is -0.381 e. The Morgan fingerprint density at radius 2 is 1.93 bits per heavy atom. The van der Waals surface area contributed by atoms with Gasteiger partial charge in [0.05, 0.1) is 11.0 Å². The Hall–Kier alpha value is -2.82. The topological polar surface area (TPSA) is 50.2 Å². The summed E-state index contributed by atoms with van der Waals surface area (Å²) in [6, 6.07) is 18.7. The zero-order chi connectivity index (χ0) is 19.3. The molecule has 4 rings (SSSR count). The molecule has 3 aromatic rings. The quantitative estimate of drug-likeness (QED) is 0.705. The summed E-state index contributed by atoms with van der Waals surface area (Å²) in [7, 11) is 0. The van der Waals surface area contributed by atoms with E-state index >= 15 is 0 Å². The minimum absolute atomic E-state index is 0.236. The van der Waals surface area contributed by atoms with Crippen LogP contribution < -0.4 is 5.32 Å². The van der Waals surface area contributed by atoms with Gasteiger partial charge in [-0.25, -0.2) is 4.98 Å². The van der Waals surface area contributed by atoms with Crippen molar-refractivity contribution in [3.63, 3.8) is 0 Å². The summed E-state index contributed by atoms with van der Waals surface area (Å²) in [6.07, 6.45) is 3.54. The number of amides is 1. The Morgan fingerprint density at radius 1 is 1.14 bits per heavy atom. The molecule has 0 unspecified atom stereocenters. The highest BCUT2D eigenvalue weighted by molar-refractivity contribution is 5.78. The van der Waals surface area contributed by atoms with Crippen LogP contribution in [0.3, 0.4) is 0 Å². The van der Waals surface area contributed by atoms with Crippen molar-refractivity contribution in [1.29, 1.82) is 0 Å². The van der Waals surface area contributed by atoms with E-state index in [-0.39, 0.29) is 5.91 Å². The van der Waals surface area contributed by atoms with Gasteiger partial charge in [-0.3, -0.25) is 4.79 Å². The standard InChI is InChI=1S/C23H28N4O/c1-2-22-25-20-12-6-7-13-21(20)27(22)16-14-23(28)26-15-8-11-19(17-26)24-18-9-4-3-5-10-18/h3-7,9-10,12-13,19,24H,2,8,11,14-17H2,1H3/t19-/m0/s1. The fraction of sp³-hybridized carbons (Fsp3) is 0.391. The SMILES string of the molecule is CCc1nc2ccccc2n1CCC(=O)N1CCC[C@H](Nc2ccccc2)C1. The fourth-order valence-corrected chi connectivity index (χ4v) is 4.10. The number of aryl methyl sites for hydroxylation is 2. The Labute approximate surface area is 166 Å². The lowest BCUT2D eigenvalue weighted by atomic mass is 10.0. The molecule has 2 heterocycles. The molecule has 28 heavy (non-hydrogen) atoms. The van der Waals surface area contributed by atoms with E-state index in [1.807, 2.05) is 41.3 Å². The molecule has 1 aliphatic rings. The number of carbonyl (C=O) groups is 1. The molecule has 0 aliphatic carbocycles. The van der Waals surface area contributed by atoms with Gasteiger partial charge in [0.15, 0.2) is 0 Å². The van der Waals surface area contributed by atoms with Gasteiger partial charge < -0.3 is 14.8 Å². The van der Waals surface area contributed by atoms with Crippen molar-refractivity contribution >= 4 is 22.6 Å². The lowest BCUT2D eigenvalue weighted by Gasteiger charge is -2.34. The number of piperidine rings is 1. The molecule has 1 fully saturated rings. The van der Waals surface area contributed by atoms with Gasteiger partial charge in [-0.1, -0.05) is 37.3 Å². The molecular formula is C23H28N4O. The second-order valence-corrected chi connectivity index (χ2v) is 7.46. The molecule has 0 saturated carbocycles. The van der Waals surface area contributed by atoms with Crippen molar-refractivity contribution in [2.24, 2.45) is 0 Å². The number of hydrogen-bond donors (Lipinski definition) is 1. The minimum atomic E-state index is 0.236. The van der Waals surface area contributed by atoms with Gasteiger partial charge in [0.1, 0.15) is 5.82 Å². The highest BCUT2D eigenvalue weighted by atomic mass is 16.2. The first-order valence-electron chi connectivity index (χ1n) is 10.3. The molecular weight excluding hydrogens is 348 g/mol. The first kappa shape index (κ1) is 18.5. The van der Waals surface area contributed by atoms with Crippen LogP contribution in [0.25, 0.3) is 11.0 Å². The number of fused-ring (bicyclic) bond motifs is 1. The van der Waals surface area contributed by atoms with Crippen molar-refractivity contribution in [2.75, 3.05) is 18.4 Å². The fourth-order valence-electron chi connectivity index (χ4n) is 4.10. The Morgan fingerprint density at radius 3 is 2.75 bits per heavy atom. The molecule has 2 aromatic carbocycles. The number of imidazole rings is 1. The van der Waals surface area contributed by atoms with Crippen LogP contribution in [0.5, 0.6) is 0 Å². The highest BCUT2D eigenvalue weighted by Crippen LogP contribution is 2.19. The lowest BCUT2D eigenvalue weighted by molar-refractivity contribution is -0.132. The molecule has 5 heteroatoms. The Kier molecular flexibility index (Phi) is 5.60. The molecule has 1 amide bonds. The third-order valence-electron chi connectivity index (χ3n) is 5.52. The summed E-state index contributed by atoms with van der Waals surface area (Å²) in [5.41, 5.74) is 3.26. The lowest BCUT2D eigenvalue weighted by Crippen LogP contribution is -2.45. The zero-order valence-corrected chi connectivity index (χ0v) is 16.5. The van der Waals surface area contributed by atoms with Crippen LogP contribution in [0.4, 0.5) is 5.69 Å². The van der Waals surface area contributed by atoms with Crippen molar-refractivity contribution < 1.29 is 4.79 Å². The number of aromatic nitrogens is 2. The van der Waals surface area contributed by atoms with Gasteiger partial charge in [-0.15, -0.1) is 0 Å². The maximum atomic E-state index is 12.9. The van der Waals surface area contributed by atoms with Gasteiger partial charge in [0, 0.05) is 44.2 Å². The molecule has 0 spiro atoms. The maximum Gasteiger partial charge on any atom is 0.224 e. The van der Waals surface area contributed by atoms with Gasteiger partial charge in [-0.2, -0.15) is 0 Å². The van der Waals surface area contributed by atoms with Gasteiger partial charge in [0.25, 0.3) is 0 Å². The summed E-state index contributed by atoms with van der Waals surface area (Å²) < 4.78 is 2.21. The van der Waals surface area contributed by atoms with E-state index in [1.165, 1.54) is 0 Å². The van der Waals surface area contributed by atoms with Crippen LogP contribution in [-0.2, 0) is 17.8 Å². The summed E-state index contributed by atoms with van der Waals surface area (Å²) in [5, 5.41) is 3.57. The Bertz CT molecular complexity index is 934. The smallest absolute Gasteiger partial charge is 0.224 e. The number of nitrogens with one attached hydrogen (secondary N) is 1. The van der Waals surface area contributed by atoms with E-state index in [0.717, 1.165) is 54.9 Å². The van der Waals surface area contributed by atoms with Crippen LogP contribution in [0.2, 0.25) is 0 Å². The average Bonchev–Trinajstić information content (AvgIpc) is 3.10. The van der Waals surface area contributed by atoms with E-state index in [1.54, 1.807) is 0 Å². The molecule has 1 atom stereocenters. The zero-order valence-electron chi connectivity index (χ0n) is 16.5. The van der Waals surface area contributed by atoms with Crippen LogP contribution in [0, 0.1) is 0 Å². The van der Waals surface area contributed by atoms with Crippen molar-refractivity contribution in [3.05, 3.63) is 60.4 Å². The molecule has 1 aliphatic heterocycles. The second kappa shape index (κ2) is 8.46. The van der Waals surface area contributed by atoms with Gasteiger partial charge in [-0.05, 0) is 37.1 Å². The summed E-state index contributed by atoms with van der Waals surface area (Å²) >= 11 is 0. The van der Waals surface area contributed by atoms with E-state index in [9.17, 15) is 4.79 Å². The second-order valence-electron chi connectivity index (χ2n) is 7.46. The molecule has 1 aromatic heterocycles. The molecule has 1 N–H and O–H groups in total. The first-order chi connectivity index (χ1) is 13.7. The number of benzene rings is 2. The summed E-state index contributed by atoms with van der Waals surface area (Å²) in [5.74, 6) is 1.29. The van der Waals surface area contributed by atoms with E-state index in [2.05, 4.69) is 35.0 Å². The normalized spacial score (nSPS) is 17.0. The van der Waals surface area contributed by atoms with E-state index in [4.69, 9.17) is 4.98 Å². The number of carbonyl (C=O) groups excluding carboxylic acids is 1. The number of likely N-dealkylation sites (tertiary alicyclic amines) is 1. The third-order valence-corrected chi connectivity index (χ3v) is 5.52. The maximum absolute atomic E-state index is 12.9. The largest absolute Gasteiger partial charge is 0.381 e. The number of hydrogen-bond acceptors (Lipinski definition) is 3. The summed E-state index contributed by atoms with van der Waals surface area (Å²) in [6.45, 7) is 4.44. The van der Waals surface area contributed by atoms with Crippen LogP contribution >= 0.6 is 0 Å². The molecule has 0 bridgehead atoms. The van der Waals surface area contributed by atoms with Crippen LogP contribution in [0.1, 0.15) is 32.0 Å². The first-order valence-corrected chi connectivity index (χ1v) is 10.3. The van der Waals surface area contributed by atoms with Crippen molar-refractivity contribution in [3.8, 4) is 0 Å². The summed E-state index contributed by atoms with van der Waals surface area (Å²) in [4.78, 5) is 19.6. The molecule has 1 saturated heterocycles. The van der Waals surface area contributed by atoms with Crippen LogP contribution in [0.15, 0.2) is 54.6 Å². The molecule has 0 radical (unpaired) electrons. The number of anilines is 1. The predicted octanol–water partition coefficient (Wildman–Crippen LogP) is 4.09. The van der Waals surface area contributed by atoms with Crippen molar-refractivity contribution in [1.82, 2.24) is 14.5 Å². The number of para-hydroxylation sites is 3. The molecule has 146 valence electrons. The third kappa shape index (κ3) is 4.03. The predicted molar refractivity (Wildman–Crippen MR) is 113 cm³/mol. The van der Waals surface area contributed by atoms with E-state index in [0.29, 0.717) is 19.0 Å². The number of nitrogens with zero attached hydrogens (tertiary/aromatic N) is 3. The molecule has 5 nitrogen and oxygen atoms in total. The van der Waals surface area contributed by atoms with Crippen molar-refractivity contribution in [2.45, 2.75) is 45.2 Å². The van der Waals surface area contributed by atoms with E-state index < -0.39 is 0 Å². The van der Waals surface area contributed by atoms with Gasteiger partial charge >= 0.3 is 0 Å². The average molecular weight is 377 g/mol. The Balaban J connectivity index is 1.39. The van der Waals surface area contributed by atoms with Crippen LogP contribution in [-0.4, -0.2) is 39.5 Å². The van der Waals surface area contributed by atoms with Gasteiger partial charge in [0.2, 0.25) is 5.91 Å². The monoisotopic (exact) mass is 376 g/mol. The number of rotatable bonds is 6. The highest BCUT2D eigenvalue weighted by Gasteiger charge is 2.23.